The molecule has 39 heavy (non-hydrogen) atoms. The largest absolute Gasteiger partial charge is 0.446 e. The van der Waals surface area contributed by atoms with Crippen LogP contribution < -0.4 is 10.6 Å². The first-order chi connectivity index (χ1) is 17.7. The van der Waals surface area contributed by atoms with Crippen molar-refractivity contribution in [2.75, 3.05) is 4.90 Å². The number of anilines is 1. The summed E-state index contributed by atoms with van der Waals surface area (Å²) in [5.74, 6) is -4.53. The molecule has 0 radical (unpaired) electrons. The van der Waals surface area contributed by atoms with E-state index in [-0.39, 0.29) is 23.9 Å². The van der Waals surface area contributed by atoms with E-state index in [0.717, 1.165) is 23.1 Å². The van der Waals surface area contributed by atoms with E-state index in [1.807, 2.05) is 0 Å². The Bertz CT molecular complexity index is 1220. The van der Waals surface area contributed by atoms with E-state index in [2.05, 4.69) is 0 Å². The van der Waals surface area contributed by atoms with Gasteiger partial charge in [-0.1, -0.05) is 18.2 Å². The van der Waals surface area contributed by atoms with Crippen molar-refractivity contribution in [1.82, 2.24) is 0 Å². The van der Waals surface area contributed by atoms with Crippen molar-refractivity contribution >= 4 is 17.7 Å². The molecule has 0 spiro atoms. The highest BCUT2D eigenvalue weighted by atomic mass is 19.4. The molecule has 5 nitrogen and oxygen atoms in total. The number of halogens is 9. The molecular weight excluding hydrogens is 547 g/mol. The predicted octanol–water partition coefficient (Wildman–Crippen LogP) is 6.94. The maximum Gasteiger partial charge on any atom is 0.416 e. The van der Waals surface area contributed by atoms with Gasteiger partial charge in [-0.3, -0.25) is 9.69 Å². The summed E-state index contributed by atoms with van der Waals surface area (Å²) in [6.45, 7) is 4.17. The van der Waals surface area contributed by atoms with Crippen LogP contribution in [0.15, 0.2) is 42.5 Å². The lowest BCUT2D eigenvalue weighted by Crippen LogP contribution is -2.59. The van der Waals surface area contributed by atoms with Gasteiger partial charge in [0, 0.05) is 6.04 Å². The minimum atomic E-state index is -5.43. The van der Waals surface area contributed by atoms with Crippen molar-refractivity contribution in [2.24, 2.45) is 5.73 Å². The highest BCUT2D eigenvalue weighted by molar-refractivity contribution is 5.92. The number of rotatable bonds is 4. The molecule has 1 heterocycles. The van der Waals surface area contributed by atoms with Crippen LogP contribution >= 0.6 is 0 Å². The van der Waals surface area contributed by atoms with E-state index in [1.54, 1.807) is 0 Å². The Balaban J connectivity index is 2.42. The molecule has 0 aromatic heterocycles. The molecule has 2 aromatic rings. The fourth-order valence-electron chi connectivity index (χ4n) is 5.05. The Labute approximate surface area is 216 Å². The molecule has 3 atom stereocenters. The first-order valence-electron chi connectivity index (χ1n) is 11.5. The third-order valence-corrected chi connectivity index (χ3v) is 6.46. The number of fused-ring (bicyclic) bond motifs is 1. The number of carbonyl (C=O) groups is 2. The van der Waals surface area contributed by atoms with E-state index < -0.39 is 82.7 Å². The predicted molar refractivity (Wildman–Crippen MR) is 121 cm³/mol. The number of carbonyl (C=O) groups excluding carboxylic acids is 2. The summed E-state index contributed by atoms with van der Waals surface area (Å²) in [6.07, 6.45) is -19.0. The van der Waals surface area contributed by atoms with Gasteiger partial charge in [-0.2, -0.15) is 39.5 Å². The van der Waals surface area contributed by atoms with Crippen molar-refractivity contribution in [3.05, 3.63) is 64.7 Å². The molecule has 14 heteroatoms. The number of nitrogens with two attached hydrogens (primary N) is 1. The average molecular weight is 570 g/mol. The second-order valence-corrected chi connectivity index (χ2v) is 9.52. The lowest BCUT2D eigenvalue weighted by atomic mass is 9.61. The number of alkyl halides is 9. The Hall–Kier alpha value is -3.45. The first-order valence-corrected chi connectivity index (χ1v) is 11.5. The van der Waals surface area contributed by atoms with Gasteiger partial charge >= 0.3 is 24.6 Å². The number of ether oxygens (including phenoxy) is 1. The standard InChI is InChI=1S/C25H23F9N2O3/c1-12(2)39-21(38)36-13(3)11-22(25(32,33)34,17-6-4-5-7-18(17)36)19(20(35)37)14-8-15(23(26,27)28)10-16(9-14)24(29,30)31/h4-10,12-13,19H,11H2,1-3H3,(H2,35,37)/t13-,19-,22+/m0/s1. The fraction of sp³-hybridized carbons (Fsp3) is 0.440. The molecule has 214 valence electrons. The second-order valence-electron chi connectivity index (χ2n) is 9.52. The number of para-hydroxylation sites is 1. The van der Waals surface area contributed by atoms with Gasteiger partial charge in [-0.05, 0) is 62.6 Å². The van der Waals surface area contributed by atoms with Crippen molar-refractivity contribution in [1.29, 1.82) is 0 Å². The minimum Gasteiger partial charge on any atom is -0.446 e. The maximum atomic E-state index is 15.2. The molecule has 0 aliphatic carbocycles. The number of hydrogen-bond acceptors (Lipinski definition) is 3. The van der Waals surface area contributed by atoms with E-state index in [4.69, 9.17) is 10.5 Å². The molecule has 0 unspecified atom stereocenters. The highest BCUT2D eigenvalue weighted by Gasteiger charge is 2.66. The quantitative estimate of drug-likeness (QED) is 0.405. The van der Waals surface area contributed by atoms with Crippen molar-refractivity contribution in [3.8, 4) is 0 Å². The Morgan fingerprint density at radius 2 is 1.46 bits per heavy atom. The zero-order valence-corrected chi connectivity index (χ0v) is 20.6. The highest BCUT2D eigenvalue weighted by Crippen LogP contribution is 2.59. The molecule has 2 N–H and O–H groups in total. The Kier molecular flexibility index (Phi) is 7.67. The third-order valence-electron chi connectivity index (χ3n) is 6.46. The molecule has 0 bridgehead atoms. The third kappa shape index (κ3) is 5.50. The van der Waals surface area contributed by atoms with Crippen LogP contribution in [0.25, 0.3) is 0 Å². The normalized spacial score (nSPS) is 20.9. The molecule has 0 saturated heterocycles. The summed E-state index contributed by atoms with van der Waals surface area (Å²) >= 11 is 0. The van der Waals surface area contributed by atoms with Crippen molar-refractivity contribution < 1.29 is 53.8 Å². The SMILES string of the molecule is CC(C)OC(=O)N1c2ccccc2[C@]([C@H](C(N)=O)c2cc(C(F)(F)F)cc(C(F)(F)F)c2)(C(F)(F)F)C[C@@H]1C. The monoisotopic (exact) mass is 570 g/mol. The summed E-state index contributed by atoms with van der Waals surface area (Å²) in [4.78, 5) is 26.4. The molecule has 1 aliphatic heterocycles. The minimum absolute atomic E-state index is 0.0604. The number of hydrogen-bond donors (Lipinski definition) is 1. The van der Waals surface area contributed by atoms with E-state index in [1.165, 1.54) is 26.8 Å². The summed E-state index contributed by atoms with van der Waals surface area (Å²) in [6, 6.07) is 2.91. The van der Waals surface area contributed by atoms with Crippen molar-refractivity contribution in [3.63, 3.8) is 0 Å². The summed E-state index contributed by atoms with van der Waals surface area (Å²) in [5, 5.41) is 0. The van der Waals surface area contributed by atoms with E-state index in [0.29, 0.717) is 0 Å². The molecule has 2 amide bonds. The average Bonchev–Trinajstić information content (AvgIpc) is 2.76. The number of nitrogens with zero attached hydrogens (tertiary/aromatic N) is 1. The zero-order valence-electron chi connectivity index (χ0n) is 20.6. The lowest BCUT2D eigenvalue weighted by Gasteiger charge is -2.50. The van der Waals surface area contributed by atoms with Crippen LogP contribution in [0.3, 0.4) is 0 Å². The molecule has 2 aromatic carbocycles. The first kappa shape index (κ1) is 30.1. The summed E-state index contributed by atoms with van der Waals surface area (Å²) in [5.41, 5.74) is -4.20. The molecule has 1 aliphatic rings. The van der Waals surface area contributed by atoms with Crippen molar-refractivity contribution in [2.45, 2.75) is 69.2 Å². The Morgan fingerprint density at radius 3 is 1.90 bits per heavy atom. The smallest absolute Gasteiger partial charge is 0.416 e. The second kappa shape index (κ2) is 9.94. The van der Waals surface area contributed by atoms with Gasteiger partial charge < -0.3 is 10.5 Å². The van der Waals surface area contributed by atoms with E-state index >= 15 is 13.2 Å². The molecular formula is C25H23F9N2O3. The van der Waals surface area contributed by atoms with Crippen LogP contribution in [-0.2, 0) is 27.3 Å². The maximum absolute atomic E-state index is 15.2. The van der Waals surface area contributed by atoms with Crippen LogP contribution in [0.2, 0.25) is 0 Å². The zero-order chi connectivity index (χ0) is 29.7. The summed E-state index contributed by atoms with van der Waals surface area (Å²) in [7, 11) is 0. The molecule has 0 fully saturated rings. The molecule has 0 saturated carbocycles. The topological polar surface area (TPSA) is 72.6 Å². The van der Waals surface area contributed by atoms with Gasteiger partial charge in [0.15, 0.2) is 0 Å². The van der Waals surface area contributed by atoms with E-state index in [9.17, 15) is 35.9 Å². The van der Waals surface area contributed by atoms with Gasteiger partial charge in [0.25, 0.3) is 0 Å². The lowest BCUT2D eigenvalue weighted by molar-refractivity contribution is -0.203. The van der Waals surface area contributed by atoms with Gasteiger partial charge in [0.2, 0.25) is 5.91 Å². The number of benzene rings is 2. The van der Waals surface area contributed by atoms with Gasteiger partial charge in [0.1, 0.15) is 5.41 Å². The summed E-state index contributed by atoms with van der Waals surface area (Å²) < 4.78 is 132. The molecule has 3 rings (SSSR count). The van der Waals surface area contributed by atoms with Crippen LogP contribution in [-0.4, -0.2) is 30.3 Å². The van der Waals surface area contributed by atoms with Gasteiger partial charge in [0.05, 0.1) is 28.8 Å². The fourth-order valence-corrected chi connectivity index (χ4v) is 5.05. The number of amides is 2. The van der Waals surface area contributed by atoms with Crippen LogP contribution in [0, 0.1) is 0 Å². The Morgan fingerprint density at radius 1 is 0.949 bits per heavy atom. The van der Waals surface area contributed by atoms with Gasteiger partial charge in [-0.15, -0.1) is 0 Å². The van der Waals surface area contributed by atoms with Crippen LogP contribution in [0.1, 0.15) is 55.4 Å². The van der Waals surface area contributed by atoms with Crippen LogP contribution in [0.4, 0.5) is 50.0 Å². The van der Waals surface area contributed by atoms with Crippen LogP contribution in [0.5, 0.6) is 0 Å². The van der Waals surface area contributed by atoms with Gasteiger partial charge in [-0.25, -0.2) is 4.79 Å². The number of primary amides is 1.